The first-order valence-corrected chi connectivity index (χ1v) is 7.61. The minimum absolute atomic E-state index is 0.260. The molecule has 0 saturated heterocycles. The smallest absolute Gasteiger partial charge is 0.120 e. The van der Waals surface area contributed by atoms with Gasteiger partial charge in [-0.25, -0.2) is 0 Å². The van der Waals surface area contributed by atoms with E-state index in [1.165, 1.54) is 0 Å². The molecular weight excluding hydrogens is 332 g/mol. The summed E-state index contributed by atoms with van der Waals surface area (Å²) >= 11 is 3.38. The van der Waals surface area contributed by atoms with Crippen LogP contribution < -0.4 is 10.1 Å². The zero-order valence-electron chi connectivity index (χ0n) is 11.9. The molecule has 1 aromatic carbocycles. The number of aliphatic hydroxyl groups is 1. The Morgan fingerprint density at radius 2 is 2.19 bits per heavy atom. The van der Waals surface area contributed by atoms with E-state index in [0.717, 1.165) is 21.5 Å². The Balaban J connectivity index is 1.67. The molecule has 1 aromatic heterocycles. The second-order valence-electron chi connectivity index (χ2n) is 4.86. The van der Waals surface area contributed by atoms with Crippen LogP contribution in [0.5, 0.6) is 5.75 Å². The first-order valence-electron chi connectivity index (χ1n) is 6.82. The molecule has 4 nitrogen and oxygen atoms in total. The third-order valence-electron chi connectivity index (χ3n) is 2.92. The topological polar surface area (TPSA) is 54.4 Å². The Labute approximate surface area is 133 Å². The van der Waals surface area contributed by atoms with Gasteiger partial charge in [-0.1, -0.05) is 28.1 Å². The van der Waals surface area contributed by atoms with Crippen molar-refractivity contribution in [1.82, 2.24) is 10.3 Å². The van der Waals surface area contributed by atoms with E-state index in [1.54, 1.807) is 0 Å². The lowest BCUT2D eigenvalue weighted by Crippen LogP contribution is -2.31. The van der Waals surface area contributed by atoms with Crippen LogP contribution in [0.2, 0.25) is 0 Å². The minimum Gasteiger partial charge on any atom is -0.491 e. The minimum atomic E-state index is -0.553. The van der Waals surface area contributed by atoms with Crippen molar-refractivity contribution >= 4 is 15.9 Å². The van der Waals surface area contributed by atoms with Crippen molar-refractivity contribution in [1.29, 1.82) is 0 Å². The SMILES string of the molecule is Cc1ccc(CNCC(O)COc2cccc(Br)c2)cn1. The van der Waals surface area contributed by atoms with Gasteiger partial charge in [-0.3, -0.25) is 4.98 Å². The molecule has 2 aromatic rings. The van der Waals surface area contributed by atoms with Crippen LogP contribution >= 0.6 is 15.9 Å². The summed E-state index contributed by atoms with van der Waals surface area (Å²) in [5.41, 5.74) is 2.10. The van der Waals surface area contributed by atoms with Crippen LogP contribution in [-0.2, 0) is 6.54 Å². The molecule has 0 amide bonds. The molecule has 0 spiro atoms. The number of rotatable bonds is 7. The molecule has 0 aliphatic heterocycles. The molecule has 0 radical (unpaired) electrons. The molecular formula is C16H19BrN2O2. The average Bonchev–Trinajstić information content (AvgIpc) is 2.47. The summed E-state index contributed by atoms with van der Waals surface area (Å²) < 4.78 is 6.49. The number of halogens is 1. The van der Waals surface area contributed by atoms with Crippen molar-refractivity contribution in [3.8, 4) is 5.75 Å². The summed E-state index contributed by atoms with van der Waals surface area (Å²) in [5.74, 6) is 0.742. The van der Waals surface area contributed by atoms with E-state index >= 15 is 0 Å². The largest absolute Gasteiger partial charge is 0.491 e. The first kappa shape index (κ1) is 15.9. The summed E-state index contributed by atoms with van der Waals surface area (Å²) in [7, 11) is 0. The molecule has 2 rings (SSSR count). The van der Waals surface area contributed by atoms with Gasteiger partial charge in [0.25, 0.3) is 0 Å². The van der Waals surface area contributed by atoms with Crippen LogP contribution in [0, 0.1) is 6.92 Å². The van der Waals surface area contributed by atoms with E-state index in [-0.39, 0.29) is 6.61 Å². The fraction of sp³-hybridized carbons (Fsp3) is 0.312. The highest BCUT2D eigenvalue weighted by Crippen LogP contribution is 2.17. The number of hydrogen-bond donors (Lipinski definition) is 2. The van der Waals surface area contributed by atoms with Gasteiger partial charge in [-0.2, -0.15) is 0 Å². The van der Waals surface area contributed by atoms with Crippen LogP contribution in [0.1, 0.15) is 11.3 Å². The van der Waals surface area contributed by atoms with Gasteiger partial charge in [0.15, 0.2) is 0 Å². The normalized spacial score (nSPS) is 12.1. The summed E-state index contributed by atoms with van der Waals surface area (Å²) in [5, 5.41) is 13.1. The molecule has 112 valence electrons. The second kappa shape index (κ2) is 8.12. The molecule has 0 aliphatic carbocycles. The van der Waals surface area contributed by atoms with Crippen molar-refractivity contribution < 1.29 is 9.84 Å². The number of pyridine rings is 1. The lowest BCUT2D eigenvalue weighted by Gasteiger charge is -2.13. The quantitative estimate of drug-likeness (QED) is 0.805. The van der Waals surface area contributed by atoms with Crippen LogP contribution in [0.15, 0.2) is 47.1 Å². The zero-order chi connectivity index (χ0) is 15.1. The van der Waals surface area contributed by atoms with Gasteiger partial charge < -0.3 is 15.2 Å². The number of hydrogen-bond acceptors (Lipinski definition) is 4. The van der Waals surface area contributed by atoms with E-state index < -0.39 is 6.10 Å². The molecule has 21 heavy (non-hydrogen) atoms. The predicted molar refractivity (Wildman–Crippen MR) is 86.3 cm³/mol. The van der Waals surface area contributed by atoms with Gasteiger partial charge in [0.2, 0.25) is 0 Å². The lowest BCUT2D eigenvalue weighted by atomic mass is 10.2. The zero-order valence-corrected chi connectivity index (χ0v) is 13.5. The van der Waals surface area contributed by atoms with E-state index in [2.05, 4.69) is 26.2 Å². The van der Waals surface area contributed by atoms with Crippen molar-refractivity contribution in [3.05, 3.63) is 58.3 Å². The highest BCUT2D eigenvalue weighted by atomic mass is 79.9. The molecule has 1 heterocycles. The van der Waals surface area contributed by atoms with Gasteiger partial charge in [0.1, 0.15) is 18.5 Å². The number of aliphatic hydroxyl groups excluding tert-OH is 1. The van der Waals surface area contributed by atoms with Crippen molar-refractivity contribution in [2.24, 2.45) is 0 Å². The maximum atomic E-state index is 9.89. The Bertz CT molecular complexity index is 560. The Kier molecular flexibility index (Phi) is 6.17. The van der Waals surface area contributed by atoms with E-state index in [9.17, 15) is 5.11 Å². The lowest BCUT2D eigenvalue weighted by molar-refractivity contribution is 0.106. The first-order chi connectivity index (χ1) is 10.1. The maximum Gasteiger partial charge on any atom is 0.120 e. The van der Waals surface area contributed by atoms with Crippen molar-refractivity contribution in [3.63, 3.8) is 0 Å². The number of aromatic nitrogens is 1. The third-order valence-corrected chi connectivity index (χ3v) is 3.41. The molecule has 1 unspecified atom stereocenters. The van der Waals surface area contributed by atoms with Crippen LogP contribution in [0.25, 0.3) is 0 Å². The third kappa shape index (κ3) is 5.83. The van der Waals surface area contributed by atoms with E-state index in [0.29, 0.717) is 13.1 Å². The molecule has 0 aliphatic rings. The number of aryl methyl sites for hydroxylation is 1. The van der Waals surface area contributed by atoms with Gasteiger partial charge in [0.05, 0.1) is 0 Å². The number of nitrogens with one attached hydrogen (secondary N) is 1. The van der Waals surface area contributed by atoms with Gasteiger partial charge in [-0.05, 0) is 36.8 Å². The fourth-order valence-electron chi connectivity index (χ4n) is 1.79. The molecule has 5 heteroatoms. The van der Waals surface area contributed by atoms with Gasteiger partial charge in [0, 0.05) is 29.5 Å². The molecule has 1 atom stereocenters. The highest BCUT2D eigenvalue weighted by molar-refractivity contribution is 9.10. The summed E-state index contributed by atoms with van der Waals surface area (Å²) in [4.78, 5) is 4.23. The Hall–Kier alpha value is -1.43. The summed E-state index contributed by atoms with van der Waals surface area (Å²) in [6.07, 6.45) is 1.29. The maximum absolute atomic E-state index is 9.89. The van der Waals surface area contributed by atoms with E-state index in [1.807, 2.05) is 49.5 Å². The standard InChI is InChI=1S/C16H19BrN2O2/c1-12-5-6-13(9-19-12)8-18-10-15(20)11-21-16-4-2-3-14(17)7-16/h2-7,9,15,18,20H,8,10-11H2,1H3. The van der Waals surface area contributed by atoms with Gasteiger partial charge >= 0.3 is 0 Å². The highest BCUT2D eigenvalue weighted by Gasteiger charge is 2.05. The van der Waals surface area contributed by atoms with Crippen LogP contribution in [0.4, 0.5) is 0 Å². The van der Waals surface area contributed by atoms with Crippen LogP contribution in [0.3, 0.4) is 0 Å². The Morgan fingerprint density at radius 1 is 1.33 bits per heavy atom. The number of benzene rings is 1. The molecule has 0 fully saturated rings. The molecule has 2 N–H and O–H groups in total. The van der Waals surface area contributed by atoms with Crippen LogP contribution in [-0.4, -0.2) is 29.3 Å². The number of nitrogens with zero attached hydrogens (tertiary/aromatic N) is 1. The van der Waals surface area contributed by atoms with Crippen molar-refractivity contribution in [2.75, 3.05) is 13.2 Å². The van der Waals surface area contributed by atoms with Gasteiger partial charge in [-0.15, -0.1) is 0 Å². The summed E-state index contributed by atoms with van der Waals surface area (Å²) in [6.45, 7) is 3.37. The number of ether oxygens (including phenoxy) is 1. The molecule has 0 saturated carbocycles. The van der Waals surface area contributed by atoms with E-state index in [4.69, 9.17) is 4.74 Å². The Morgan fingerprint density at radius 3 is 2.90 bits per heavy atom. The fourth-order valence-corrected chi connectivity index (χ4v) is 2.17. The van der Waals surface area contributed by atoms with Crippen molar-refractivity contribution in [2.45, 2.75) is 19.6 Å². The summed E-state index contributed by atoms with van der Waals surface area (Å²) in [6, 6.07) is 11.6. The monoisotopic (exact) mass is 350 g/mol. The predicted octanol–water partition coefficient (Wildman–Crippen LogP) is 2.68. The average molecular weight is 351 g/mol. The second-order valence-corrected chi connectivity index (χ2v) is 5.78. The molecule has 0 bridgehead atoms.